The number of carbonyl (C=O) groups is 2. The van der Waals surface area contributed by atoms with E-state index in [0.29, 0.717) is 41.9 Å². The molecule has 0 fully saturated rings. The summed E-state index contributed by atoms with van der Waals surface area (Å²) in [4.78, 5) is 30.0. The minimum atomic E-state index is -0.261. The van der Waals surface area contributed by atoms with Crippen molar-refractivity contribution in [2.75, 3.05) is 20.1 Å². The van der Waals surface area contributed by atoms with Crippen molar-refractivity contribution in [2.24, 2.45) is 4.99 Å². The van der Waals surface area contributed by atoms with Crippen LogP contribution in [0.1, 0.15) is 51.9 Å². The number of imide groups is 1. The lowest BCUT2D eigenvalue weighted by Crippen LogP contribution is -2.42. The molecule has 1 aromatic carbocycles. The van der Waals surface area contributed by atoms with Crippen LogP contribution in [0.2, 0.25) is 0 Å². The molecule has 0 saturated carbocycles. The maximum atomic E-state index is 12.3. The molecule has 0 spiro atoms. The van der Waals surface area contributed by atoms with E-state index in [1.165, 1.54) is 4.90 Å². The van der Waals surface area contributed by atoms with Gasteiger partial charge in [0.25, 0.3) is 11.8 Å². The Labute approximate surface area is 180 Å². The third-order valence-corrected chi connectivity index (χ3v) is 4.33. The standard InChI is InChI=1S/C19H23N5O3.HI/c1-12(2)16-10-13(27-23-16)11-22-19(20-3)21-8-9-24-17(25)14-6-4-5-7-15(14)18(24)26;/h4-7,10,12H,8-9,11H2,1-3H3,(H2,20,21,22);1H. The maximum absolute atomic E-state index is 12.3. The molecule has 2 amide bonds. The zero-order chi connectivity index (χ0) is 19.4. The summed E-state index contributed by atoms with van der Waals surface area (Å²) in [6.45, 7) is 5.18. The van der Waals surface area contributed by atoms with Gasteiger partial charge in [0.15, 0.2) is 11.7 Å². The number of hydrogen-bond acceptors (Lipinski definition) is 5. The molecule has 8 nitrogen and oxygen atoms in total. The van der Waals surface area contributed by atoms with Crippen molar-refractivity contribution in [3.8, 4) is 0 Å². The average molecular weight is 497 g/mol. The van der Waals surface area contributed by atoms with Crippen molar-refractivity contribution in [3.63, 3.8) is 0 Å². The Kier molecular flexibility index (Phi) is 7.55. The van der Waals surface area contributed by atoms with E-state index in [1.54, 1.807) is 31.3 Å². The van der Waals surface area contributed by atoms with Gasteiger partial charge in [0.05, 0.1) is 23.4 Å². The first kappa shape index (κ1) is 21.9. The Bertz CT molecular complexity index is 843. The first-order valence-corrected chi connectivity index (χ1v) is 8.86. The van der Waals surface area contributed by atoms with E-state index in [9.17, 15) is 9.59 Å². The Morgan fingerprint density at radius 1 is 1.18 bits per heavy atom. The van der Waals surface area contributed by atoms with Crippen molar-refractivity contribution < 1.29 is 14.1 Å². The quantitative estimate of drug-likeness (QED) is 0.275. The molecule has 2 heterocycles. The van der Waals surface area contributed by atoms with Crippen molar-refractivity contribution in [1.29, 1.82) is 0 Å². The molecular weight excluding hydrogens is 473 g/mol. The van der Waals surface area contributed by atoms with Gasteiger partial charge in [0.2, 0.25) is 0 Å². The summed E-state index contributed by atoms with van der Waals surface area (Å²) in [5, 5.41) is 10.2. The molecule has 1 aliphatic heterocycles. The molecule has 0 radical (unpaired) electrons. The predicted molar refractivity (Wildman–Crippen MR) is 116 cm³/mol. The highest BCUT2D eigenvalue weighted by Gasteiger charge is 2.34. The van der Waals surface area contributed by atoms with Gasteiger partial charge < -0.3 is 15.2 Å². The van der Waals surface area contributed by atoms with Gasteiger partial charge >= 0.3 is 0 Å². The molecule has 28 heavy (non-hydrogen) atoms. The van der Waals surface area contributed by atoms with Gasteiger partial charge in [-0.25, -0.2) is 0 Å². The molecule has 1 aliphatic rings. The number of fused-ring (bicyclic) bond motifs is 1. The van der Waals surface area contributed by atoms with Crippen molar-refractivity contribution in [2.45, 2.75) is 26.3 Å². The highest BCUT2D eigenvalue weighted by molar-refractivity contribution is 14.0. The second-order valence-electron chi connectivity index (χ2n) is 6.53. The highest BCUT2D eigenvalue weighted by Crippen LogP contribution is 2.21. The molecule has 0 bridgehead atoms. The minimum Gasteiger partial charge on any atom is -0.359 e. The van der Waals surface area contributed by atoms with Crippen molar-refractivity contribution in [1.82, 2.24) is 20.7 Å². The fourth-order valence-corrected chi connectivity index (χ4v) is 2.80. The normalized spacial score (nSPS) is 13.6. The average Bonchev–Trinajstić information content (AvgIpc) is 3.24. The van der Waals surface area contributed by atoms with Crippen LogP contribution in [-0.4, -0.2) is 48.0 Å². The zero-order valence-corrected chi connectivity index (χ0v) is 18.4. The van der Waals surface area contributed by atoms with Gasteiger partial charge in [-0.1, -0.05) is 31.1 Å². The van der Waals surface area contributed by atoms with Crippen LogP contribution >= 0.6 is 24.0 Å². The van der Waals surface area contributed by atoms with Gasteiger partial charge in [-0.3, -0.25) is 19.5 Å². The molecule has 2 N–H and O–H groups in total. The molecular formula is C19H24IN5O3. The van der Waals surface area contributed by atoms with Gasteiger partial charge in [-0.05, 0) is 18.1 Å². The third-order valence-electron chi connectivity index (χ3n) is 4.33. The van der Waals surface area contributed by atoms with Crippen LogP contribution in [0.4, 0.5) is 0 Å². The summed E-state index contributed by atoms with van der Waals surface area (Å²) >= 11 is 0. The second-order valence-corrected chi connectivity index (χ2v) is 6.53. The maximum Gasteiger partial charge on any atom is 0.261 e. The van der Waals surface area contributed by atoms with Crippen LogP contribution < -0.4 is 10.6 Å². The zero-order valence-electron chi connectivity index (χ0n) is 16.1. The SMILES string of the molecule is CN=C(NCCN1C(=O)c2ccccc2C1=O)NCc1cc(C(C)C)no1.I. The second kappa shape index (κ2) is 9.67. The van der Waals surface area contributed by atoms with E-state index < -0.39 is 0 Å². The number of halogens is 1. The van der Waals surface area contributed by atoms with E-state index in [-0.39, 0.29) is 42.3 Å². The summed E-state index contributed by atoms with van der Waals surface area (Å²) in [6, 6.07) is 8.76. The largest absolute Gasteiger partial charge is 0.359 e. The topological polar surface area (TPSA) is 99.8 Å². The van der Waals surface area contributed by atoms with E-state index in [2.05, 4.69) is 34.6 Å². The van der Waals surface area contributed by atoms with Gasteiger partial charge in [0, 0.05) is 26.2 Å². The van der Waals surface area contributed by atoms with E-state index in [0.717, 1.165) is 5.69 Å². The minimum absolute atomic E-state index is 0. The number of amides is 2. The summed E-state index contributed by atoms with van der Waals surface area (Å²) in [7, 11) is 1.65. The Morgan fingerprint density at radius 3 is 2.36 bits per heavy atom. The molecule has 2 aromatic rings. The Balaban J connectivity index is 0.00000280. The van der Waals surface area contributed by atoms with E-state index >= 15 is 0 Å². The first-order valence-electron chi connectivity index (χ1n) is 8.86. The molecule has 0 aliphatic carbocycles. The summed E-state index contributed by atoms with van der Waals surface area (Å²) in [5.41, 5.74) is 1.81. The number of nitrogens with zero attached hydrogens (tertiary/aromatic N) is 3. The summed E-state index contributed by atoms with van der Waals surface area (Å²) in [6.07, 6.45) is 0. The van der Waals surface area contributed by atoms with Gasteiger partial charge in [-0.2, -0.15) is 0 Å². The third kappa shape index (κ3) is 4.70. The van der Waals surface area contributed by atoms with Crippen LogP contribution in [0.25, 0.3) is 0 Å². The molecule has 150 valence electrons. The lowest BCUT2D eigenvalue weighted by atomic mass is 10.1. The molecule has 1 aromatic heterocycles. The van der Waals surface area contributed by atoms with Crippen molar-refractivity contribution in [3.05, 3.63) is 52.9 Å². The summed E-state index contributed by atoms with van der Waals surface area (Å²) in [5.74, 6) is 1.04. The smallest absolute Gasteiger partial charge is 0.261 e. The number of rotatable bonds is 6. The first-order chi connectivity index (χ1) is 13.0. The van der Waals surface area contributed by atoms with Crippen LogP contribution in [0, 0.1) is 0 Å². The lowest BCUT2D eigenvalue weighted by Gasteiger charge is -2.16. The number of aliphatic imine (C=N–C) groups is 1. The number of carbonyl (C=O) groups excluding carboxylic acids is 2. The Morgan fingerprint density at radius 2 is 1.82 bits per heavy atom. The number of benzene rings is 1. The molecule has 0 atom stereocenters. The number of aromatic nitrogens is 1. The fourth-order valence-electron chi connectivity index (χ4n) is 2.80. The molecule has 0 saturated heterocycles. The van der Waals surface area contributed by atoms with Crippen LogP contribution in [0.3, 0.4) is 0 Å². The number of nitrogens with one attached hydrogen (secondary N) is 2. The summed E-state index contributed by atoms with van der Waals surface area (Å²) < 4.78 is 5.28. The van der Waals surface area contributed by atoms with Gasteiger partial charge in [-0.15, -0.1) is 24.0 Å². The van der Waals surface area contributed by atoms with Gasteiger partial charge in [0.1, 0.15) is 0 Å². The van der Waals surface area contributed by atoms with Crippen LogP contribution in [0.15, 0.2) is 39.8 Å². The van der Waals surface area contributed by atoms with Crippen LogP contribution in [-0.2, 0) is 6.54 Å². The van der Waals surface area contributed by atoms with Crippen LogP contribution in [0.5, 0.6) is 0 Å². The number of hydrogen-bond donors (Lipinski definition) is 2. The Hall–Kier alpha value is -2.43. The molecule has 9 heteroatoms. The monoisotopic (exact) mass is 497 g/mol. The fraction of sp³-hybridized carbons (Fsp3) is 0.368. The molecule has 3 rings (SSSR count). The predicted octanol–water partition coefficient (Wildman–Crippen LogP) is 2.38. The van der Waals surface area contributed by atoms with E-state index in [1.807, 2.05) is 6.07 Å². The lowest BCUT2D eigenvalue weighted by molar-refractivity contribution is 0.0657. The van der Waals surface area contributed by atoms with Crippen molar-refractivity contribution >= 4 is 41.8 Å². The van der Waals surface area contributed by atoms with E-state index in [4.69, 9.17) is 4.52 Å². The molecule has 0 unspecified atom stereocenters. The highest BCUT2D eigenvalue weighted by atomic mass is 127. The number of guanidine groups is 1.